The summed E-state index contributed by atoms with van der Waals surface area (Å²) >= 11 is 0. The molecule has 0 bridgehead atoms. The van der Waals surface area contributed by atoms with E-state index in [1.807, 2.05) is 0 Å². The SMILES string of the molecule is O=Cc1cc2cc(C=O)c(C=O)cc2cc1C=O. The molecular weight excluding hydrogens is 232 g/mol. The van der Waals surface area contributed by atoms with E-state index in [9.17, 15) is 19.2 Å². The molecule has 0 amide bonds. The van der Waals surface area contributed by atoms with Crippen LogP contribution in [0, 0.1) is 0 Å². The molecule has 0 aliphatic rings. The average molecular weight is 240 g/mol. The Kier molecular flexibility index (Phi) is 3.10. The van der Waals surface area contributed by atoms with E-state index < -0.39 is 0 Å². The smallest absolute Gasteiger partial charge is 0.150 e. The van der Waals surface area contributed by atoms with Crippen molar-refractivity contribution in [3.8, 4) is 0 Å². The molecule has 18 heavy (non-hydrogen) atoms. The highest BCUT2D eigenvalue weighted by Gasteiger charge is 2.08. The highest BCUT2D eigenvalue weighted by molar-refractivity contribution is 6.03. The molecule has 0 aromatic heterocycles. The lowest BCUT2D eigenvalue weighted by atomic mass is 9.98. The number of carbonyl (C=O) groups is 4. The van der Waals surface area contributed by atoms with Crippen molar-refractivity contribution in [2.75, 3.05) is 0 Å². The van der Waals surface area contributed by atoms with Gasteiger partial charge in [-0.3, -0.25) is 19.2 Å². The lowest BCUT2D eigenvalue weighted by Gasteiger charge is -2.05. The Bertz CT molecular complexity index is 558. The van der Waals surface area contributed by atoms with Crippen molar-refractivity contribution in [2.45, 2.75) is 0 Å². The van der Waals surface area contributed by atoms with Crippen LogP contribution in [0.4, 0.5) is 0 Å². The van der Waals surface area contributed by atoms with Crippen LogP contribution < -0.4 is 0 Å². The van der Waals surface area contributed by atoms with Gasteiger partial charge >= 0.3 is 0 Å². The van der Waals surface area contributed by atoms with Gasteiger partial charge < -0.3 is 0 Å². The summed E-state index contributed by atoms with van der Waals surface area (Å²) in [5, 5.41) is 1.27. The van der Waals surface area contributed by atoms with Gasteiger partial charge in [-0.1, -0.05) is 0 Å². The molecule has 88 valence electrons. The monoisotopic (exact) mass is 240 g/mol. The molecule has 0 heterocycles. The first-order chi connectivity index (χ1) is 8.73. The predicted molar refractivity (Wildman–Crippen MR) is 65.5 cm³/mol. The average Bonchev–Trinajstić information content (AvgIpc) is 2.43. The molecule has 0 spiro atoms. The maximum Gasteiger partial charge on any atom is 0.150 e. The first kappa shape index (κ1) is 11.9. The highest BCUT2D eigenvalue weighted by Crippen LogP contribution is 2.21. The van der Waals surface area contributed by atoms with E-state index in [1.54, 1.807) is 0 Å². The summed E-state index contributed by atoms with van der Waals surface area (Å²) in [6.45, 7) is 0. The molecule has 0 saturated carbocycles. The summed E-state index contributed by atoms with van der Waals surface area (Å²) in [7, 11) is 0. The van der Waals surface area contributed by atoms with Gasteiger partial charge in [-0.05, 0) is 35.0 Å². The van der Waals surface area contributed by atoms with E-state index >= 15 is 0 Å². The maximum atomic E-state index is 10.8. The van der Waals surface area contributed by atoms with Gasteiger partial charge in [0.15, 0.2) is 25.1 Å². The van der Waals surface area contributed by atoms with E-state index in [0.717, 1.165) is 0 Å². The number of fused-ring (bicyclic) bond motifs is 1. The molecule has 2 aromatic carbocycles. The molecule has 2 rings (SSSR count). The number of rotatable bonds is 4. The zero-order valence-electron chi connectivity index (χ0n) is 9.25. The third-order valence-electron chi connectivity index (χ3n) is 2.75. The molecule has 4 heteroatoms. The van der Waals surface area contributed by atoms with Crippen molar-refractivity contribution < 1.29 is 19.2 Å². The first-order valence-electron chi connectivity index (χ1n) is 5.16. The van der Waals surface area contributed by atoms with E-state index in [0.29, 0.717) is 35.9 Å². The Labute approximate surface area is 102 Å². The second-order valence-corrected chi connectivity index (χ2v) is 3.78. The zero-order valence-corrected chi connectivity index (χ0v) is 9.25. The molecular formula is C14H8O4. The number of hydrogen-bond donors (Lipinski definition) is 0. The van der Waals surface area contributed by atoms with Crippen LogP contribution in [0.1, 0.15) is 41.4 Å². The topological polar surface area (TPSA) is 68.3 Å². The Morgan fingerprint density at radius 1 is 0.500 bits per heavy atom. The normalized spacial score (nSPS) is 10.0. The standard InChI is InChI=1S/C14H8O4/c15-5-11-1-9-2-13(7-17)14(8-18)4-10(9)3-12(11)6-16/h1-8H. The Balaban J connectivity index is 2.84. The van der Waals surface area contributed by atoms with Crippen LogP contribution in [-0.4, -0.2) is 25.1 Å². The summed E-state index contributed by atoms with van der Waals surface area (Å²) < 4.78 is 0. The van der Waals surface area contributed by atoms with Crippen LogP contribution >= 0.6 is 0 Å². The van der Waals surface area contributed by atoms with Crippen molar-refractivity contribution in [1.29, 1.82) is 0 Å². The maximum absolute atomic E-state index is 10.8. The van der Waals surface area contributed by atoms with E-state index in [1.165, 1.54) is 24.3 Å². The molecule has 0 saturated heterocycles. The van der Waals surface area contributed by atoms with Gasteiger partial charge in [0.05, 0.1) is 0 Å². The minimum absolute atomic E-state index is 0.258. The quantitative estimate of drug-likeness (QED) is 0.767. The lowest BCUT2D eigenvalue weighted by Crippen LogP contribution is -1.95. The summed E-state index contributed by atoms with van der Waals surface area (Å²) in [6, 6.07) is 6.09. The summed E-state index contributed by atoms with van der Waals surface area (Å²) in [5.74, 6) is 0. The summed E-state index contributed by atoms with van der Waals surface area (Å²) in [6.07, 6.45) is 2.32. The van der Waals surface area contributed by atoms with Crippen LogP contribution in [-0.2, 0) is 0 Å². The van der Waals surface area contributed by atoms with Gasteiger partial charge in [-0.25, -0.2) is 0 Å². The van der Waals surface area contributed by atoms with Crippen molar-refractivity contribution in [3.63, 3.8) is 0 Å². The van der Waals surface area contributed by atoms with Gasteiger partial charge in [0, 0.05) is 22.3 Å². The van der Waals surface area contributed by atoms with E-state index in [2.05, 4.69) is 0 Å². The largest absolute Gasteiger partial charge is 0.298 e. The lowest BCUT2D eigenvalue weighted by molar-refractivity contribution is 0.109. The minimum Gasteiger partial charge on any atom is -0.298 e. The second kappa shape index (κ2) is 4.71. The fourth-order valence-electron chi connectivity index (χ4n) is 1.83. The summed E-state index contributed by atoms with van der Waals surface area (Å²) in [4.78, 5) is 43.3. The van der Waals surface area contributed by atoms with Crippen LogP contribution in [0.25, 0.3) is 10.8 Å². The van der Waals surface area contributed by atoms with Crippen molar-refractivity contribution in [2.24, 2.45) is 0 Å². The fourth-order valence-corrected chi connectivity index (χ4v) is 1.83. The molecule has 0 unspecified atom stereocenters. The zero-order chi connectivity index (χ0) is 13.1. The van der Waals surface area contributed by atoms with E-state index in [4.69, 9.17) is 0 Å². The van der Waals surface area contributed by atoms with E-state index in [-0.39, 0.29) is 22.3 Å². The Morgan fingerprint density at radius 2 is 0.722 bits per heavy atom. The molecule has 0 atom stereocenters. The van der Waals surface area contributed by atoms with Gasteiger partial charge in [0.2, 0.25) is 0 Å². The van der Waals surface area contributed by atoms with Gasteiger partial charge in [-0.15, -0.1) is 0 Å². The van der Waals surface area contributed by atoms with Crippen LogP contribution in [0.15, 0.2) is 24.3 Å². The van der Waals surface area contributed by atoms with Gasteiger partial charge in [0.1, 0.15) is 0 Å². The predicted octanol–water partition coefficient (Wildman–Crippen LogP) is 2.09. The van der Waals surface area contributed by atoms with Gasteiger partial charge in [-0.2, -0.15) is 0 Å². The molecule has 0 fully saturated rings. The number of carbonyl (C=O) groups excluding carboxylic acids is 4. The first-order valence-corrected chi connectivity index (χ1v) is 5.16. The Hall–Kier alpha value is -2.62. The van der Waals surface area contributed by atoms with Crippen molar-refractivity contribution in [1.82, 2.24) is 0 Å². The minimum atomic E-state index is 0.258. The number of aldehydes is 4. The number of benzene rings is 2. The third-order valence-corrected chi connectivity index (χ3v) is 2.75. The molecule has 0 aliphatic carbocycles. The van der Waals surface area contributed by atoms with Crippen LogP contribution in [0.2, 0.25) is 0 Å². The fraction of sp³-hybridized carbons (Fsp3) is 0. The Morgan fingerprint density at radius 3 is 0.889 bits per heavy atom. The molecule has 4 nitrogen and oxygen atoms in total. The highest BCUT2D eigenvalue weighted by atomic mass is 16.1. The van der Waals surface area contributed by atoms with Crippen LogP contribution in [0.5, 0.6) is 0 Å². The molecule has 0 radical (unpaired) electrons. The van der Waals surface area contributed by atoms with Crippen molar-refractivity contribution >= 4 is 35.9 Å². The third kappa shape index (κ3) is 1.84. The second-order valence-electron chi connectivity index (χ2n) is 3.78. The van der Waals surface area contributed by atoms with Crippen molar-refractivity contribution in [3.05, 3.63) is 46.5 Å². The molecule has 2 aromatic rings. The van der Waals surface area contributed by atoms with Crippen LogP contribution in [0.3, 0.4) is 0 Å². The number of hydrogen-bond acceptors (Lipinski definition) is 4. The molecule has 0 N–H and O–H groups in total. The summed E-state index contributed by atoms with van der Waals surface area (Å²) in [5.41, 5.74) is 1.03. The molecule has 0 aliphatic heterocycles. The van der Waals surface area contributed by atoms with Gasteiger partial charge in [0.25, 0.3) is 0 Å².